The monoisotopic (exact) mass is 291 g/mol. The summed E-state index contributed by atoms with van der Waals surface area (Å²) in [6.45, 7) is 0. The van der Waals surface area contributed by atoms with Crippen LogP contribution in [-0.4, -0.2) is 27.0 Å². The summed E-state index contributed by atoms with van der Waals surface area (Å²) in [5.74, 6) is 0. The van der Waals surface area contributed by atoms with Crippen molar-refractivity contribution in [1.82, 2.24) is 4.72 Å². The van der Waals surface area contributed by atoms with Crippen molar-refractivity contribution in [2.45, 2.75) is 17.4 Å². The van der Waals surface area contributed by atoms with Crippen molar-refractivity contribution in [1.29, 1.82) is 0 Å². The zero-order valence-electron chi connectivity index (χ0n) is 10.5. The first kappa shape index (κ1) is 14.4. The average Bonchev–Trinajstić information content (AvgIpc) is 2.46. The number of nitrogens with one attached hydrogen (secondary N) is 1. The van der Waals surface area contributed by atoms with Crippen LogP contribution < -0.4 is 4.72 Å². The molecule has 1 N–H and O–H groups in total. The molecule has 0 spiro atoms. The second-order valence-electron chi connectivity index (χ2n) is 4.28. The van der Waals surface area contributed by atoms with Gasteiger partial charge in [0.1, 0.15) is 12.6 Å². The van der Waals surface area contributed by atoms with Crippen LogP contribution in [0.5, 0.6) is 0 Å². The maximum atomic E-state index is 12.1. The lowest BCUT2D eigenvalue weighted by molar-refractivity contribution is -0.113. The van der Waals surface area contributed by atoms with E-state index in [1.54, 1.807) is 12.1 Å². The lowest BCUT2D eigenvalue weighted by Gasteiger charge is -2.11. The third-order valence-electron chi connectivity index (χ3n) is 2.85. The Kier molecular flexibility index (Phi) is 4.26. The van der Waals surface area contributed by atoms with Gasteiger partial charge in [0.15, 0.2) is 0 Å². The molecular formula is C14H13NO4S. The van der Waals surface area contributed by atoms with Crippen LogP contribution >= 0.6 is 0 Å². The van der Waals surface area contributed by atoms with Gasteiger partial charge in [-0.15, -0.1) is 0 Å². The fourth-order valence-corrected chi connectivity index (χ4v) is 3.05. The molecule has 0 aliphatic carbocycles. The SMILES string of the molecule is O=CC[C@H](C=O)NS(=O)(=O)c1ccc2ccccc2c1. The molecule has 2 aromatic rings. The van der Waals surface area contributed by atoms with E-state index < -0.39 is 16.1 Å². The number of fused-ring (bicyclic) bond motifs is 1. The van der Waals surface area contributed by atoms with Crippen LogP contribution in [0.4, 0.5) is 0 Å². The van der Waals surface area contributed by atoms with Gasteiger partial charge in [-0.1, -0.05) is 30.3 Å². The van der Waals surface area contributed by atoms with Gasteiger partial charge in [0.2, 0.25) is 10.0 Å². The van der Waals surface area contributed by atoms with Crippen molar-refractivity contribution in [3.05, 3.63) is 42.5 Å². The van der Waals surface area contributed by atoms with Gasteiger partial charge < -0.3 is 9.59 Å². The van der Waals surface area contributed by atoms with Crippen LogP contribution in [-0.2, 0) is 19.6 Å². The van der Waals surface area contributed by atoms with E-state index in [9.17, 15) is 18.0 Å². The van der Waals surface area contributed by atoms with E-state index in [-0.39, 0.29) is 11.3 Å². The lowest BCUT2D eigenvalue weighted by Crippen LogP contribution is -2.36. The minimum absolute atomic E-state index is 0.0638. The molecule has 2 aromatic carbocycles. The van der Waals surface area contributed by atoms with Crippen LogP contribution in [0, 0.1) is 0 Å². The summed E-state index contributed by atoms with van der Waals surface area (Å²) in [5, 5.41) is 1.71. The number of carbonyl (C=O) groups is 2. The Bertz CT molecular complexity index is 740. The highest BCUT2D eigenvalue weighted by molar-refractivity contribution is 7.89. The van der Waals surface area contributed by atoms with Crippen molar-refractivity contribution in [3.63, 3.8) is 0 Å². The second kappa shape index (κ2) is 5.94. The van der Waals surface area contributed by atoms with Crippen LogP contribution in [0.25, 0.3) is 10.8 Å². The fourth-order valence-electron chi connectivity index (χ4n) is 1.84. The first-order valence-corrected chi connectivity index (χ1v) is 7.45. The predicted molar refractivity (Wildman–Crippen MR) is 74.8 cm³/mol. The molecule has 0 saturated carbocycles. The van der Waals surface area contributed by atoms with Crippen molar-refractivity contribution >= 4 is 33.4 Å². The Hall–Kier alpha value is -2.05. The number of benzene rings is 2. The van der Waals surface area contributed by atoms with Gasteiger partial charge in [0.25, 0.3) is 0 Å². The Balaban J connectivity index is 2.35. The standard InChI is InChI=1S/C14H13NO4S/c16-8-7-13(10-17)15-20(18,19)14-6-5-11-3-1-2-4-12(11)9-14/h1-6,8-10,13,15H,7H2/t13-/m1/s1. The normalized spacial score (nSPS) is 13.0. The molecule has 0 bridgehead atoms. The predicted octanol–water partition coefficient (Wildman–Crippen LogP) is 1.27. The van der Waals surface area contributed by atoms with E-state index in [2.05, 4.69) is 4.72 Å². The van der Waals surface area contributed by atoms with E-state index in [0.717, 1.165) is 10.8 Å². The summed E-state index contributed by atoms with van der Waals surface area (Å²) in [6, 6.07) is 11.0. The van der Waals surface area contributed by atoms with Crippen LogP contribution in [0.2, 0.25) is 0 Å². The number of hydrogen-bond donors (Lipinski definition) is 1. The van der Waals surface area contributed by atoms with E-state index in [1.165, 1.54) is 12.1 Å². The Labute approximate surface area is 116 Å². The molecule has 0 aromatic heterocycles. The number of hydrogen-bond acceptors (Lipinski definition) is 4. The summed E-state index contributed by atoms with van der Waals surface area (Å²) < 4.78 is 26.5. The molecule has 0 radical (unpaired) electrons. The third kappa shape index (κ3) is 3.09. The summed E-state index contributed by atoms with van der Waals surface area (Å²) in [7, 11) is -3.83. The quantitative estimate of drug-likeness (QED) is 0.813. The molecule has 2 rings (SSSR count). The van der Waals surface area contributed by atoms with Crippen molar-refractivity contribution in [2.75, 3.05) is 0 Å². The summed E-state index contributed by atoms with van der Waals surface area (Å²) >= 11 is 0. The lowest BCUT2D eigenvalue weighted by atomic mass is 10.1. The molecule has 20 heavy (non-hydrogen) atoms. The van der Waals surface area contributed by atoms with E-state index >= 15 is 0 Å². The highest BCUT2D eigenvalue weighted by atomic mass is 32.2. The highest BCUT2D eigenvalue weighted by Crippen LogP contribution is 2.19. The number of rotatable bonds is 6. The van der Waals surface area contributed by atoms with Gasteiger partial charge in [-0.25, -0.2) is 13.1 Å². The largest absolute Gasteiger partial charge is 0.303 e. The number of carbonyl (C=O) groups excluding carboxylic acids is 2. The zero-order valence-corrected chi connectivity index (χ0v) is 11.3. The van der Waals surface area contributed by atoms with Crippen LogP contribution in [0.3, 0.4) is 0 Å². The molecule has 0 fully saturated rings. The van der Waals surface area contributed by atoms with Gasteiger partial charge in [-0.3, -0.25) is 0 Å². The highest BCUT2D eigenvalue weighted by Gasteiger charge is 2.19. The topological polar surface area (TPSA) is 80.3 Å². The Morgan fingerprint density at radius 3 is 2.40 bits per heavy atom. The average molecular weight is 291 g/mol. The van der Waals surface area contributed by atoms with E-state index in [1.807, 2.05) is 18.2 Å². The molecule has 0 aliphatic heterocycles. The van der Waals surface area contributed by atoms with E-state index in [4.69, 9.17) is 0 Å². The molecule has 0 aliphatic rings. The van der Waals surface area contributed by atoms with Crippen LogP contribution in [0.1, 0.15) is 6.42 Å². The summed E-state index contributed by atoms with van der Waals surface area (Å²) in [6.07, 6.45) is 0.727. The number of sulfonamides is 1. The first-order chi connectivity index (χ1) is 9.56. The number of aldehydes is 2. The molecule has 5 nitrogen and oxygen atoms in total. The Morgan fingerprint density at radius 2 is 1.75 bits per heavy atom. The van der Waals surface area contributed by atoms with Crippen molar-refractivity contribution in [3.8, 4) is 0 Å². The Morgan fingerprint density at radius 1 is 1.05 bits per heavy atom. The smallest absolute Gasteiger partial charge is 0.241 e. The van der Waals surface area contributed by atoms with Gasteiger partial charge in [-0.05, 0) is 22.9 Å². The van der Waals surface area contributed by atoms with Crippen LogP contribution in [0.15, 0.2) is 47.4 Å². The fraction of sp³-hybridized carbons (Fsp3) is 0.143. The molecule has 1 atom stereocenters. The third-order valence-corrected chi connectivity index (χ3v) is 4.34. The van der Waals surface area contributed by atoms with Crippen molar-refractivity contribution in [2.24, 2.45) is 0 Å². The summed E-state index contributed by atoms with van der Waals surface area (Å²) in [4.78, 5) is 21.2. The maximum Gasteiger partial charge on any atom is 0.241 e. The van der Waals surface area contributed by atoms with Crippen molar-refractivity contribution < 1.29 is 18.0 Å². The van der Waals surface area contributed by atoms with Gasteiger partial charge >= 0.3 is 0 Å². The summed E-state index contributed by atoms with van der Waals surface area (Å²) in [5.41, 5.74) is 0. The zero-order chi connectivity index (χ0) is 14.6. The molecule has 0 unspecified atom stereocenters. The molecule has 6 heteroatoms. The molecule has 104 valence electrons. The molecule has 0 heterocycles. The first-order valence-electron chi connectivity index (χ1n) is 5.97. The maximum absolute atomic E-state index is 12.1. The van der Waals surface area contributed by atoms with Gasteiger partial charge in [0.05, 0.1) is 10.9 Å². The van der Waals surface area contributed by atoms with Gasteiger partial charge in [-0.2, -0.15) is 0 Å². The minimum atomic E-state index is -3.83. The molecule has 0 amide bonds. The van der Waals surface area contributed by atoms with E-state index in [0.29, 0.717) is 12.6 Å². The second-order valence-corrected chi connectivity index (χ2v) is 5.99. The minimum Gasteiger partial charge on any atom is -0.303 e. The molecule has 0 saturated heterocycles. The molecular weight excluding hydrogens is 278 g/mol. The van der Waals surface area contributed by atoms with Gasteiger partial charge in [0, 0.05) is 6.42 Å².